The van der Waals surface area contributed by atoms with Crippen LogP contribution >= 0.6 is 0 Å². The summed E-state index contributed by atoms with van der Waals surface area (Å²) in [5.74, 6) is 0.708. The summed E-state index contributed by atoms with van der Waals surface area (Å²) < 4.78 is 0. The second kappa shape index (κ2) is 8.46. The number of rotatable bonds is 5. The van der Waals surface area contributed by atoms with E-state index in [1.807, 2.05) is 6.92 Å². The standard InChI is InChI=1S/C7H14O2.H2O/c1-4-6-7(3)9-8-5-2;/h3-6H2,1-2H3;1H2. The van der Waals surface area contributed by atoms with Crippen LogP contribution in [0.1, 0.15) is 26.7 Å². The Morgan fingerprint density at radius 2 is 2.00 bits per heavy atom. The minimum atomic E-state index is 0. The zero-order valence-corrected chi connectivity index (χ0v) is 6.64. The average molecular weight is 148 g/mol. The van der Waals surface area contributed by atoms with E-state index >= 15 is 0 Å². The molecule has 0 heterocycles. The molecule has 62 valence electrons. The summed E-state index contributed by atoms with van der Waals surface area (Å²) in [6, 6.07) is 0. The van der Waals surface area contributed by atoms with E-state index in [1.165, 1.54) is 0 Å². The van der Waals surface area contributed by atoms with Crippen LogP contribution in [-0.2, 0) is 9.78 Å². The van der Waals surface area contributed by atoms with Crippen molar-refractivity contribution in [3.05, 3.63) is 12.3 Å². The fourth-order valence-electron chi connectivity index (χ4n) is 0.463. The number of allylic oxidation sites excluding steroid dienone is 1. The predicted molar refractivity (Wildman–Crippen MR) is 40.4 cm³/mol. The highest BCUT2D eigenvalue weighted by Gasteiger charge is 1.90. The van der Waals surface area contributed by atoms with E-state index in [-0.39, 0.29) is 5.48 Å². The van der Waals surface area contributed by atoms with Crippen LogP contribution in [0, 0.1) is 0 Å². The first-order valence-corrected chi connectivity index (χ1v) is 3.28. The van der Waals surface area contributed by atoms with Gasteiger partial charge in [0.05, 0.1) is 6.61 Å². The maximum atomic E-state index is 4.74. The highest BCUT2D eigenvalue weighted by Crippen LogP contribution is 2.02. The van der Waals surface area contributed by atoms with Gasteiger partial charge >= 0.3 is 0 Å². The van der Waals surface area contributed by atoms with Gasteiger partial charge in [-0.3, -0.25) is 0 Å². The summed E-state index contributed by atoms with van der Waals surface area (Å²) in [5, 5.41) is 0. The molecular formula is C7H16O3. The SMILES string of the molecule is C=C(CCC)OOCC.O. The minimum Gasteiger partial charge on any atom is -0.412 e. The van der Waals surface area contributed by atoms with Crippen LogP contribution in [0.25, 0.3) is 0 Å². The molecule has 10 heavy (non-hydrogen) atoms. The van der Waals surface area contributed by atoms with Gasteiger partial charge in [-0.1, -0.05) is 13.5 Å². The molecule has 0 radical (unpaired) electrons. The van der Waals surface area contributed by atoms with E-state index in [2.05, 4.69) is 18.4 Å². The molecule has 0 saturated carbocycles. The molecule has 3 nitrogen and oxygen atoms in total. The Bertz CT molecular complexity index is 80.9. The molecule has 2 N–H and O–H groups in total. The maximum absolute atomic E-state index is 4.74. The lowest BCUT2D eigenvalue weighted by Gasteiger charge is -2.02. The van der Waals surface area contributed by atoms with Gasteiger partial charge in [-0.2, -0.15) is 4.89 Å². The second-order valence-electron chi connectivity index (χ2n) is 1.78. The molecule has 0 aliphatic carbocycles. The van der Waals surface area contributed by atoms with Crippen LogP contribution in [0.4, 0.5) is 0 Å². The smallest absolute Gasteiger partial charge is 0.135 e. The Kier molecular flexibility index (Phi) is 10.3. The lowest BCUT2D eigenvalue weighted by molar-refractivity contribution is -0.259. The second-order valence-corrected chi connectivity index (χ2v) is 1.78. The Balaban J connectivity index is 0. The molecule has 0 rings (SSSR count). The van der Waals surface area contributed by atoms with Crippen molar-refractivity contribution in [2.24, 2.45) is 0 Å². The molecule has 3 heteroatoms. The van der Waals surface area contributed by atoms with Gasteiger partial charge in [-0.15, -0.1) is 0 Å². The maximum Gasteiger partial charge on any atom is 0.135 e. The van der Waals surface area contributed by atoms with Crippen LogP contribution < -0.4 is 0 Å². The van der Waals surface area contributed by atoms with Gasteiger partial charge in [0.25, 0.3) is 0 Å². The van der Waals surface area contributed by atoms with Gasteiger partial charge in [0.2, 0.25) is 0 Å². The molecular weight excluding hydrogens is 132 g/mol. The van der Waals surface area contributed by atoms with Crippen LogP contribution in [-0.4, -0.2) is 12.1 Å². The molecule has 0 aromatic carbocycles. The summed E-state index contributed by atoms with van der Waals surface area (Å²) in [4.78, 5) is 9.39. The first-order valence-electron chi connectivity index (χ1n) is 3.28. The van der Waals surface area contributed by atoms with Gasteiger partial charge in [0.15, 0.2) is 0 Å². The largest absolute Gasteiger partial charge is 0.412 e. The molecule has 0 aliphatic rings. The highest BCUT2D eigenvalue weighted by atomic mass is 17.2. The van der Waals surface area contributed by atoms with Crippen molar-refractivity contribution in [1.29, 1.82) is 0 Å². The summed E-state index contributed by atoms with van der Waals surface area (Å²) >= 11 is 0. The lowest BCUT2D eigenvalue weighted by Crippen LogP contribution is -1.92. The van der Waals surface area contributed by atoms with E-state index in [0.29, 0.717) is 12.4 Å². The van der Waals surface area contributed by atoms with Crippen LogP contribution in [0.15, 0.2) is 12.3 Å². The first-order chi connectivity index (χ1) is 4.31. The van der Waals surface area contributed by atoms with E-state index < -0.39 is 0 Å². The van der Waals surface area contributed by atoms with Crippen molar-refractivity contribution in [3.63, 3.8) is 0 Å². The molecule has 0 atom stereocenters. The molecule has 0 saturated heterocycles. The van der Waals surface area contributed by atoms with Crippen molar-refractivity contribution in [2.45, 2.75) is 26.7 Å². The summed E-state index contributed by atoms with van der Waals surface area (Å²) in [6.45, 7) is 8.15. The lowest BCUT2D eigenvalue weighted by atomic mass is 10.3. The Hall–Kier alpha value is -0.540. The Morgan fingerprint density at radius 1 is 1.40 bits per heavy atom. The van der Waals surface area contributed by atoms with E-state index in [1.54, 1.807) is 0 Å². The van der Waals surface area contributed by atoms with Gasteiger partial charge in [0.1, 0.15) is 5.76 Å². The third-order valence-electron chi connectivity index (χ3n) is 0.823. The van der Waals surface area contributed by atoms with E-state index in [0.717, 1.165) is 12.8 Å². The van der Waals surface area contributed by atoms with E-state index in [4.69, 9.17) is 4.89 Å². The van der Waals surface area contributed by atoms with Crippen molar-refractivity contribution >= 4 is 0 Å². The monoisotopic (exact) mass is 148 g/mol. The zero-order valence-electron chi connectivity index (χ0n) is 6.64. The van der Waals surface area contributed by atoms with Gasteiger partial charge < -0.3 is 10.4 Å². The Labute approximate surface area is 61.9 Å². The predicted octanol–water partition coefficient (Wildman–Crippen LogP) is 1.44. The quantitative estimate of drug-likeness (QED) is 0.336. The van der Waals surface area contributed by atoms with Crippen LogP contribution in [0.2, 0.25) is 0 Å². The van der Waals surface area contributed by atoms with Gasteiger partial charge in [-0.25, -0.2) is 0 Å². The van der Waals surface area contributed by atoms with Crippen LogP contribution in [0.3, 0.4) is 0 Å². The number of hydrogen-bond donors (Lipinski definition) is 0. The van der Waals surface area contributed by atoms with Crippen molar-refractivity contribution in [1.82, 2.24) is 0 Å². The molecule has 0 unspecified atom stereocenters. The molecule has 0 amide bonds. The fraction of sp³-hybridized carbons (Fsp3) is 0.714. The molecule has 0 aromatic rings. The van der Waals surface area contributed by atoms with Gasteiger partial charge in [-0.05, 0) is 13.3 Å². The molecule has 0 bridgehead atoms. The zero-order chi connectivity index (χ0) is 7.11. The third-order valence-corrected chi connectivity index (χ3v) is 0.823. The summed E-state index contributed by atoms with van der Waals surface area (Å²) in [7, 11) is 0. The molecule has 0 fully saturated rings. The Morgan fingerprint density at radius 3 is 2.40 bits per heavy atom. The van der Waals surface area contributed by atoms with Crippen molar-refractivity contribution < 1.29 is 15.3 Å². The fourth-order valence-corrected chi connectivity index (χ4v) is 0.463. The van der Waals surface area contributed by atoms with E-state index in [9.17, 15) is 0 Å². The molecule has 0 spiro atoms. The summed E-state index contributed by atoms with van der Waals surface area (Å²) in [6.07, 6.45) is 1.92. The topological polar surface area (TPSA) is 50.0 Å². The number of hydrogen-bond acceptors (Lipinski definition) is 2. The average Bonchev–Trinajstić information content (AvgIpc) is 1.85. The third kappa shape index (κ3) is 7.46. The van der Waals surface area contributed by atoms with Gasteiger partial charge in [0, 0.05) is 6.42 Å². The van der Waals surface area contributed by atoms with Crippen molar-refractivity contribution in [2.75, 3.05) is 6.61 Å². The summed E-state index contributed by atoms with van der Waals surface area (Å²) in [5.41, 5.74) is 0. The molecule has 0 aliphatic heterocycles. The van der Waals surface area contributed by atoms with Crippen molar-refractivity contribution in [3.8, 4) is 0 Å². The van der Waals surface area contributed by atoms with Crippen LogP contribution in [0.5, 0.6) is 0 Å². The normalized spacial score (nSPS) is 8.20. The molecule has 0 aromatic heterocycles. The highest BCUT2D eigenvalue weighted by molar-refractivity contribution is 4.78. The minimum absolute atomic E-state index is 0. The first kappa shape index (κ1) is 12.2.